The fourth-order valence-electron chi connectivity index (χ4n) is 3.36. The Bertz CT molecular complexity index is 1210. The predicted molar refractivity (Wildman–Crippen MR) is 113 cm³/mol. The van der Waals surface area contributed by atoms with E-state index in [0.717, 1.165) is 0 Å². The third kappa shape index (κ3) is 4.04. The van der Waals surface area contributed by atoms with E-state index in [1.807, 2.05) is 0 Å². The van der Waals surface area contributed by atoms with E-state index in [1.165, 1.54) is 17.0 Å². The number of aromatic nitrogens is 2. The van der Waals surface area contributed by atoms with Gasteiger partial charge in [-0.1, -0.05) is 0 Å². The number of morpholine rings is 1. The number of imidazole rings is 1. The normalized spacial score (nSPS) is 17.5. The molecule has 1 aliphatic rings. The van der Waals surface area contributed by atoms with Crippen molar-refractivity contribution in [1.82, 2.24) is 9.97 Å². The highest BCUT2D eigenvalue weighted by molar-refractivity contribution is 6.04. The summed E-state index contributed by atoms with van der Waals surface area (Å²) in [7, 11) is 0. The Kier molecular flexibility index (Phi) is 5.28. The summed E-state index contributed by atoms with van der Waals surface area (Å²) in [5, 5.41) is 20.4. The van der Waals surface area contributed by atoms with Gasteiger partial charge in [0.1, 0.15) is 5.84 Å². The fourth-order valence-corrected chi connectivity index (χ4v) is 3.36. The van der Waals surface area contributed by atoms with Gasteiger partial charge in [0.25, 0.3) is 11.8 Å². The van der Waals surface area contributed by atoms with Gasteiger partial charge in [0.05, 0.1) is 17.6 Å². The van der Waals surface area contributed by atoms with Crippen molar-refractivity contribution in [1.29, 1.82) is 5.41 Å². The van der Waals surface area contributed by atoms with Crippen LogP contribution in [0.15, 0.2) is 47.3 Å². The van der Waals surface area contributed by atoms with Gasteiger partial charge in [0, 0.05) is 23.5 Å². The molecule has 0 aliphatic carbocycles. The number of nitrogen functional groups attached to an aromatic ring is 1. The molecule has 0 saturated carbocycles. The number of nitrogens with one attached hydrogen (secondary N) is 4. The molecule has 1 aliphatic heterocycles. The van der Waals surface area contributed by atoms with E-state index in [0.29, 0.717) is 28.0 Å². The Morgan fingerprint density at radius 2 is 1.90 bits per heavy atom. The molecular weight excluding hydrogens is 404 g/mol. The topological polar surface area (TPSA) is 177 Å². The summed E-state index contributed by atoms with van der Waals surface area (Å²) in [6, 6.07) is 11.1. The summed E-state index contributed by atoms with van der Waals surface area (Å²) in [6.07, 6.45) is -3.12. The first-order valence-electron chi connectivity index (χ1n) is 9.42. The number of benzene rings is 2. The smallest absolute Gasteiger partial charge is 0.323 e. The van der Waals surface area contributed by atoms with E-state index in [2.05, 4.69) is 15.3 Å². The molecule has 4 rings (SSSR count). The average molecular weight is 424 g/mol. The highest BCUT2D eigenvalue weighted by Crippen LogP contribution is 2.23. The van der Waals surface area contributed by atoms with Crippen molar-refractivity contribution < 1.29 is 19.4 Å². The first kappa shape index (κ1) is 20.3. The largest absolute Gasteiger partial charge is 0.384 e. The number of anilines is 2. The highest BCUT2D eigenvalue weighted by atomic mass is 16.5. The summed E-state index contributed by atoms with van der Waals surface area (Å²) < 4.78 is 5.39. The van der Waals surface area contributed by atoms with Crippen molar-refractivity contribution in [2.24, 2.45) is 5.73 Å². The lowest BCUT2D eigenvalue weighted by Gasteiger charge is -2.34. The predicted octanol–water partition coefficient (Wildman–Crippen LogP) is -0.128. The number of amides is 2. The Hall–Kier alpha value is -3.96. The third-order valence-electron chi connectivity index (χ3n) is 4.95. The van der Waals surface area contributed by atoms with Gasteiger partial charge in [-0.2, -0.15) is 0 Å². The van der Waals surface area contributed by atoms with Gasteiger partial charge in [-0.05, 0) is 42.5 Å². The first-order chi connectivity index (χ1) is 14.8. The van der Waals surface area contributed by atoms with Crippen molar-refractivity contribution >= 4 is 40.1 Å². The van der Waals surface area contributed by atoms with Crippen LogP contribution in [-0.4, -0.2) is 58.1 Å². The molecule has 160 valence electrons. The lowest BCUT2D eigenvalue weighted by atomic mass is 10.1. The van der Waals surface area contributed by atoms with Crippen LogP contribution in [0.5, 0.6) is 0 Å². The average Bonchev–Trinajstić information content (AvgIpc) is 3.13. The van der Waals surface area contributed by atoms with Gasteiger partial charge in [-0.25, -0.2) is 4.79 Å². The van der Waals surface area contributed by atoms with E-state index in [9.17, 15) is 19.5 Å². The number of rotatable bonds is 5. The number of amidine groups is 1. The maximum atomic E-state index is 12.9. The van der Waals surface area contributed by atoms with Crippen LogP contribution >= 0.6 is 0 Å². The lowest BCUT2D eigenvalue weighted by Crippen LogP contribution is -2.55. The third-order valence-corrected chi connectivity index (χ3v) is 4.95. The maximum Gasteiger partial charge on any atom is 0.323 e. The van der Waals surface area contributed by atoms with Crippen molar-refractivity contribution in [3.8, 4) is 0 Å². The van der Waals surface area contributed by atoms with Crippen LogP contribution in [0, 0.1) is 5.41 Å². The Morgan fingerprint density at radius 1 is 1.19 bits per heavy atom. The summed E-state index contributed by atoms with van der Waals surface area (Å²) >= 11 is 0. The number of carbonyl (C=O) groups is 2. The number of hydrogen-bond donors (Lipinski definition) is 6. The molecule has 7 N–H and O–H groups in total. The first-order valence-corrected chi connectivity index (χ1v) is 9.42. The highest BCUT2D eigenvalue weighted by Gasteiger charge is 2.39. The molecule has 2 amide bonds. The van der Waals surface area contributed by atoms with Crippen LogP contribution < -0.4 is 21.6 Å². The molecule has 11 heteroatoms. The number of fused-ring (bicyclic) bond motifs is 1. The minimum Gasteiger partial charge on any atom is -0.384 e. The van der Waals surface area contributed by atoms with Crippen LogP contribution in [0.1, 0.15) is 5.56 Å². The van der Waals surface area contributed by atoms with Gasteiger partial charge in [-0.15, -0.1) is 0 Å². The van der Waals surface area contributed by atoms with Gasteiger partial charge in [0.15, 0.2) is 12.2 Å². The molecule has 1 saturated heterocycles. The van der Waals surface area contributed by atoms with Crippen LogP contribution in [0.4, 0.5) is 11.4 Å². The number of aliphatic hydroxyl groups is 1. The number of nitrogens with two attached hydrogens (primary N) is 1. The molecule has 1 unspecified atom stereocenters. The molecule has 1 fully saturated rings. The second-order valence-corrected chi connectivity index (χ2v) is 7.02. The lowest BCUT2D eigenvalue weighted by molar-refractivity contribution is -0.150. The minimum atomic E-state index is -1.74. The number of aromatic amines is 2. The number of hydrogen-bond acceptors (Lipinski definition) is 6. The second-order valence-electron chi connectivity index (χ2n) is 7.02. The second kappa shape index (κ2) is 8.05. The molecule has 2 aromatic carbocycles. The molecule has 0 spiro atoms. The monoisotopic (exact) mass is 424 g/mol. The molecule has 0 bridgehead atoms. The van der Waals surface area contributed by atoms with Crippen LogP contribution in [-0.2, 0) is 14.3 Å². The number of carbonyl (C=O) groups excluding carboxylic acids is 2. The molecule has 2 heterocycles. The molecule has 31 heavy (non-hydrogen) atoms. The van der Waals surface area contributed by atoms with Crippen molar-refractivity contribution in [3.05, 3.63) is 58.5 Å². The Labute approximate surface area is 175 Å². The SMILES string of the molecule is N=C(N)c1ccc(NC(=O)[C@H](O)C2OCCN(c3ccc4[nH]c(=O)[nH]c4c3)C2=O)cc1. The van der Waals surface area contributed by atoms with E-state index < -0.39 is 24.0 Å². The van der Waals surface area contributed by atoms with Crippen LogP contribution in [0.25, 0.3) is 11.0 Å². The van der Waals surface area contributed by atoms with Gasteiger partial charge in [0.2, 0.25) is 0 Å². The number of aliphatic hydroxyl groups excluding tert-OH is 1. The number of nitrogens with zero attached hydrogens (tertiary/aromatic N) is 1. The molecule has 11 nitrogen and oxygen atoms in total. The summed E-state index contributed by atoms with van der Waals surface area (Å²) in [5.74, 6) is -1.49. The van der Waals surface area contributed by atoms with Crippen molar-refractivity contribution in [3.63, 3.8) is 0 Å². The summed E-state index contributed by atoms with van der Waals surface area (Å²) in [6.45, 7) is 0.353. The van der Waals surface area contributed by atoms with E-state index in [-0.39, 0.29) is 24.7 Å². The fraction of sp³-hybridized carbons (Fsp3) is 0.200. The van der Waals surface area contributed by atoms with Crippen molar-refractivity contribution in [2.75, 3.05) is 23.4 Å². The summed E-state index contributed by atoms with van der Waals surface area (Å²) in [4.78, 5) is 43.5. The number of H-pyrrole nitrogens is 2. The zero-order valence-electron chi connectivity index (χ0n) is 16.2. The van der Waals surface area contributed by atoms with Crippen LogP contribution in [0.2, 0.25) is 0 Å². The van der Waals surface area contributed by atoms with E-state index >= 15 is 0 Å². The van der Waals surface area contributed by atoms with Gasteiger partial charge < -0.3 is 35.8 Å². The zero-order chi connectivity index (χ0) is 22.1. The number of ether oxygens (including phenoxy) is 1. The molecule has 0 radical (unpaired) electrons. The van der Waals surface area contributed by atoms with Gasteiger partial charge in [-0.3, -0.25) is 15.0 Å². The maximum absolute atomic E-state index is 12.9. The van der Waals surface area contributed by atoms with Crippen molar-refractivity contribution in [2.45, 2.75) is 12.2 Å². The standard InChI is InChI=1S/C20H20N6O5/c21-17(22)10-1-3-11(4-2-10)23-18(28)15(27)16-19(29)26(7-8-31-16)12-5-6-13-14(9-12)25-20(30)24-13/h1-6,9,15-16,27H,7-8H2,(H3,21,22)(H,23,28)(H2,24,25,30)/t15-,16?/m1/s1. The van der Waals surface area contributed by atoms with E-state index in [1.54, 1.807) is 30.3 Å². The zero-order valence-corrected chi connectivity index (χ0v) is 16.2. The Morgan fingerprint density at radius 3 is 2.61 bits per heavy atom. The molecule has 3 aromatic rings. The van der Waals surface area contributed by atoms with Crippen LogP contribution in [0.3, 0.4) is 0 Å². The minimum absolute atomic E-state index is 0.110. The Balaban J connectivity index is 1.48. The van der Waals surface area contributed by atoms with E-state index in [4.69, 9.17) is 15.9 Å². The quantitative estimate of drug-likeness (QED) is 0.245. The molecular formula is C20H20N6O5. The van der Waals surface area contributed by atoms with Gasteiger partial charge >= 0.3 is 5.69 Å². The molecule has 2 atom stereocenters. The molecule has 1 aromatic heterocycles. The summed E-state index contributed by atoms with van der Waals surface area (Å²) in [5.41, 5.74) is 7.53.